The smallest absolute Gasteiger partial charge is 0.229 e. The zero-order valence-corrected chi connectivity index (χ0v) is 22.4. The second-order valence-corrected chi connectivity index (χ2v) is 10.0. The van der Waals surface area contributed by atoms with Crippen molar-refractivity contribution in [1.29, 1.82) is 5.26 Å². The van der Waals surface area contributed by atoms with E-state index in [4.69, 9.17) is 16.3 Å². The van der Waals surface area contributed by atoms with Crippen molar-refractivity contribution in [1.82, 2.24) is 25.1 Å². The van der Waals surface area contributed by atoms with Crippen molar-refractivity contribution in [2.45, 2.75) is 19.4 Å². The normalized spacial score (nSPS) is 20.3. The summed E-state index contributed by atoms with van der Waals surface area (Å²) >= 11 is 6.25. The quantitative estimate of drug-likeness (QED) is 0.386. The fraction of sp³-hybridized carbons (Fsp3) is 0.357. The summed E-state index contributed by atoms with van der Waals surface area (Å²) in [6, 6.07) is 15.5. The highest BCUT2D eigenvalue weighted by molar-refractivity contribution is 6.31. The van der Waals surface area contributed by atoms with Gasteiger partial charge in [-0.25, -0.2) is 4.98 Å². The van der Waals surface area contributed by atoms with Crippen LogP contribution in [0.4, 0.5) is 23.1 Å². The molecule has 1 aromatic heterocycles. The predicted octanol–water partition coefficient (Wildman–Crippen LogP) is 3.90. The highest BCUT2D eigenvalue weighted by Gasteiger charge is 2.18. The van der Waals surface area contributed by atoms with E-state index < -0.39 is 0 Å². The summed E-state index contributed by atoms with van der Waals surface area (Å²) in [6.07, 6.45) is 2.63. The molecule has 1 amide bonds. The molecule has 0 atom stereocenters. The van der Waals surface area contributed by atoms with E-state index in [0.29, 0.717) is 59.8 Å². The molecule has 11 heteroatoms. The number of anilines is 4. The molecule has 2 aromatic carbocycles. The van der Waals surface area contributed by atoms with E-state index in [1.807, 2.05) is 12.1 Å². The molecular weight excluding hydrogens is 516 g/mol. The van der Waals surface area contributed by atoms with Gasteiger partial charge in [-0.3, -0.25) is 9.69 Å². The van der Waals surface area contributed by atoms with Crippen LogP contribution in [-0.4, -0.2) is 71.6 Å². The topological polar surface area (TPSA) is 118 Å². The van der Waals surface area contributed by atoms with Crippen molar-refractivity contribution in [3.05, 3.63) is 64.8 Å². The van der Waals surface area contributed by atoms with E-state index in [2.05, 4.69) is 53.9 Å². The Labute approximate surface area is 232 Å². The number of carbonyl (C=O) groups is 1. The molecule has 3 N–H and O–H groups in total. The minimum Gasteiger partial charge on any atom is -0.491 e. The second-order valence-electron chi connectivity index (χ2n) is 9.58. The van der Waals surface area contributed by atoms with E-state index in [1.54, 1.807) is 18.2 Å². The van der Waals surface area contributed by atoms with Crippen molar-refractivity contribution in [2.24, 2.45) is 0 Å². The Kier molecular flexibility index (Phi) is 8.73. The summed E-state index contributed by atoms with van der Waals surface area (Å²) in [5.41, 5.74) is 2.93. The first-order valence-corrected chi connectivity index (χ1v) is 13.5. The summed E-state index contributed by atoms with van der Waals surface area (Å²) in [6.45, 7) is 6.29. The Balaban J connectivity index is 1.40. The molecule has 3 aromatic rings. The lowest BCUT2D eigenvalue weighted by atomic mass is 10.1. The first-order chi connectivity index (χ1) is 19.1. The maximum Gasteiger partial charge on any atom is 0.229 e. The van der Waals surface area contributed by atoms with E-state index in [-0.39, 0.29) is 5.91 Å². The second kappa shape index (κ2) is 12.8. The Morgan fingerprint density at radius 1 is 1.03 bits per heavy atom. The van der Waals surface area contributed by atoms with Gasteiger partial charge in [0.1, 0.15) is 17.4 Å². The number of ether oxygens (including phenoxy) is 1. The van der Waals surface area contributed by atoms with Gasteiger partial charge >= 0.3 is 0 Å². The van der Waals surface area contributed by atoms with Gasteiger partial charge in [0.2, 0.25) is 11.9 Å². The third-order valence-electron chi connectivity index (χ3n) is 6.71. The largest absolute Gasteiger partial charge is 0.491 e. The Bertz CT molecular complexity index is 1350. The highest BCUT2D eigenvalue weighted by Crippen LogP contribution is 2.31. The Hall–Kier alpha value is -3.91. The summed E-state index contributed by atoms with van der Waals surface area (Å²) < 4.78 is 5.98. The van der Waals surface area contributed by atoms with Crippen molar-refractivity contribution in [3.63, 3.8) is 0 Å². The summed E-state index contributed by atoms with van der Waals surface area (Å²) in [5.74, 6) is 1.34. The number of nitriles is 1. The molecule has 3 aliphatic heterocycles. The monoisotopic (exact) mass is 546 g/mol. The average molecular weight is 547 g/mol. The van der Waals surface area contributed by atoms with Crippen LogP contribution in [0.1, 0.15) is 24.0 Å². The number of aromatic nitrogens is 2. The van der Waals surface area contributed by atoms with Crippen LogP contribution in [0.5, 0.6) is 5.75 Å². The van der Waals surface area contributed by atoms with Crippen LogP contribution in [0.15, 0.2) is 48.7 Å². The van der Waals surface area contributed by atoms with Gasteiger partial charge in [-0.05, 0) is 42.3 Å². The molecule has 0 aliphatic carbocycles. The molecule has 0 unspecified atom stereocenters. The molecule has 4 heterocycles. The van der Waals surface area contributed by atoms with Crippen LogP contribution >= 0.6 is 11.6 Å². The number of benzene rings is 2. The molecular formula is C28H31ClN8O2. The number of amides is 1. The molecule has 10 nitrogen and oxygen atoms in total. The average Bonchev–Trinajstić information content (AvgIpc) is 2.93. The molecule has 39 heavy (non-hydrogen) atoms. The molecule has 1 fully saturated rings. The third-order valence-corrected chi connectivity index (χ3v) is 6.95. The number of nitrogens with one attached hydrogen (secondary N) is 3. The fourth-order valence-corrected chi connectivity index (χ4v) is 4.78. The van der Waals surface area contributed by atoms with E-state index in [9.17, 15) is 10.1 Å². The first kappa shape index (κ1) is 26.7. The summed E-state index contributed by atoms with van der Waals surface area (Å²) in [5, 5.41) is 19.6. The van der Waals surface area contributed by atoms with Crippen LogP contribution in [-0.2, 0) is 11.3 Å². The number of carbonyl (C=O) groups excluding carboxylic acids is 1. The van der Waals surface area contributed by atoms with Crippen LogP contribution < -0.4 is 20.7 Å². The number of rotatable bonds is 0. The minimum atomic E-state index is 0.0581. The van der Waals surface area contributed by atoms with Gasteiger partial charge in [-0.1, -0.05) is 23.7 Å². The van der Waals surface area contributed by atoms with Crippen LogP contribution in [0.2, 0.25) is 5.02 Å². The molecule has 1 saturated heterocycles. The van der Waals surface area contributed by atoms with Crippen LogP contribution in [0, 0.1) is 11.3 Å². The van der Waals surface area contributed by atoms with Gasteiger partial charge in [-0.2, -0.15) is 10.2 Å². The third kappa shape index (κ3) is 7.35. The Morgan fingerprint density at radius 3 is 2.72 bits per heavy atom. The first-order valence-electron chi connectivity index (χ1n) is 13.1. The van der Waals surface area contributed by atoms with Gasteiger partial charge in [0.15, 0.2) is 5.82 Å². The zero-order valence-electron chi connectivity index (χ0n) is 21.6. The summed E-state index contributed by atoms with van der Waals surface area (Å²) in [4.78, 5) is 26.0. The maximum absolute atomic E-state index is 12.3. The number of piperazine rings is 1. The van der Waals surface area contributed by atoms with Gasteiger partial charge in [0.05, 0.1) is 18.5 Å². The number of hydrogen-bond acceptors (Lipinski definition) is 9. The summed E-state index contributed by atoms with van der Waals surface area (Å²) in [7, 11) is 0. The lowest BCUT2D eigenvalue weighted by Gasteiger charge is -2.34. The molecule has 6 rings (SSSR count). The Morgan fingerprint density at radius 2 is 1.87 bits per heavy atom. The fourth-order valence-electron chi connectivity index (χ4n) is 4.61. The zero-order chi connectivity index (χ0) is 27.0. The van der Waals surface area contributed by atoms with Crippen molar-refractivity contribution in [2.75, 3.05) is 56.5 Å². The van der Waals surface area contributed by atoms with Gasteiger partial charge < -0.3 is 25.6 Å². The molecule has 0 saturated carbocycles. The number of nitrogens with zero attached hydrogens (tertiary/aromatic N) is 5. The molecule has 6 bridgehead atoms. The molecule has 3 aliphatic rings. The van der Waals surface area contributed by atoms with Crippen molar-refractivity contribution in [3.8, 4) is 11.8 Å². The van der Waals surface area contributed by atoms with Gasteiger partial charge in [-0.15, -0.1) is 0 Å². The SMILES string of the molecule is N#Cc1cnc2nc1Nc1cccc(c1)CN1CCN(CCC(=O)NCCCOc3ccc(Cl)cc3N2)CC1. The minimum absolute atomic E-state index is 0.0581. The standard InChI is InChI=1S/C28H31ClN8O2/c29-22-5-6-25-24(16-22)34-28-32-18-21(17-30)27(35-28)33-23-4-1-3-20(15-23)19-37-12-10-36(11-13-37)9-7-26(38)31-8-2-14-39-25/h1,3-6,15-16,18H,2,7-14,19H2,(H,31,38)(H2,32,33,34,35). The predicted molar refractivity (Wildman–Crippen MR) is 151 cm³/mol. The highest BCUT2D eigenvalue weighted by atomic mass is 35.5. The maximum atomic E-state index is 12.3. The lowest BCUT2D eigenvalue weighted by Crippen LogP contribution is -2.46. The van der Waals surface area contributed by atoms with E-state index in [1.165, 1.54) is 6.20 Å². The van der Waals surface area contributed by atoms with Crippen molar-refractivity contribution >= 4 is 40.6 Å². The number of halogens is 1. The van der Waals surface area contributed by atoms with Gasteiger partial charge in [0, 0.05) is 62.9 Å². The number of hydrogen-bond donors (Lipinski definition) is 3. The van der Waals surface area contributed by atoms with E-state index >= 15 is 0 Å². The van der Waals surface area contributed by atoms with Crippen molar-refractivity contribution < 1.29 is 9.53 Å². The van der Waals surface area contributed by atoms with Crippen LogP contribution in [0.25, 0.3) is 0 Å². The molecule has 0 radical (unpaired) electrons. The molecule has 0 spiro atoms. The number of fused-ring (bicyclic) bond motifs is 9. The molecule has 202 valence electrons. The van der Waals surface area contributed by atoms with Crippen LogP contribution in [0.3, 0.4) is 0 Å². The lowest BCUT2D eigenvalue weighted by molar-refractivity contribution is -0.121. The van der Waals surface area contributed by atoms with E-state index in [0.717, 1.165) is 50.5 Å². The van der Waals surface area contributed by atoms with Gasteiger partial charge in [0.25, 0.3) is 0 Å².